The van der Waals surface area contributed by atoms with E-state index >= 15 is 0 Å². The largest absolute Gasteiger partial charge is 0.310 e. The number of rotatable bonds is 3. The van der Waals surface area contributed by atoms with Crippen LogP contribution in [-0.2, 0) is 12.8 Å². The van der Waals surface area contributed by atoms with E-state index in [-0.39, 0.29) is 11.4 Å². The topological polar surface area (TPSA) is 45.8 Å². The van der Waals surface area contributed by atoms with Crippen LogP contribution in [0.15, 0.2) is 35.1 Å². The molecule has 1 N–H and O–H groups in total. The highest BCUT2D eigenvalue weighted by atomic mass is 19.1. The normalized spacial score (nSPS) is 10.5. The number of aromatic nitrogens is 2. The Morgan fingerprint density at radius 1 is 1.35 bits per heavy atom. The standard InChI is InChI=1S/C13H13FN2O/c1-2-10-8-13(17)16-12(15-10)7-9-5-3-4-6-11(9)14/h3-6,8H,2,7H2,1H3,(H,15,16,17). The second-order valence-electron chi connectivity index (χ2n) is 3.81. The molecule has 0 unspecified atom stereocenters. The summed E-state index contributed by atoms with van der Waals surface area (Å²) in [4.78, 5) is 18.2. The molecule has 0 aliphatic carbocycles. The zero-order valence-corrected chi connectivity index (χ0v) is 9.53. The van der Waals surface area contributed by atoms with Crippen molar-refractivity contribution in [2.24, 2.45) is 0 Å². The van der Waals surface area contributed by atoms with Gasteiger partial charge in [-0.3, -0.25) is 4.79 Å². The zero-order chi connectivity index (χ0) is 12.3. The number of halogens is 1. The van der Waals surface area contributed by atoms with Gasteiger partial charge in [0.1, 0.15) is 11.6 Å². The van der Waals surface area contributed by atoms with Crippen molar-refractivity contribution in [3.05, 3.63) is 63.6 Å². The first-order valence-corrected chi connectivity index (χ1v) is 5.51. The van der Waals surface area contributed by atoms with Crippen molar-refractivity contribution in [3.63, 3.8) is 0 Å². The van der Waals surface area contributed by atoms with Gasteiger partial charge in [0.05, 0.1) is 0 Å². The van der Waals surface area contributed by atoms with Gasteiger partial charge < -0.3 is 4.98 Å². The van der Waals surface area contributed by atoms with Crippen LogP contribution in [0, 0.1) is 5.82 Å². The van der Waals surface area contributed by atoms with Crippen molar-refractivity contribution in [1.82, 2.24) is 9.97 Å². The third-order valence-corrected chi connectivity index (χ3v) is 2.52. The predicted octanol–water partition coefficient (Wildman–Crippen LogP) is 2.06. The number of nitrogens with one attached hydrogen (secondary N) is 1. The molecule has 0 amide bonds. The fourth-order valence-electron chi connectivity index (χ4n) is 1.65. The van der Waals surface area contributed by atoms with E-state index in [2.05, 4.69) is 9.97 Å². The molecule has 0 aliphatic heterocycles. The molecule has 4 heteroatoms. The summed E-state index contributed by atoms with van der Waals surface area (Å²) < 4.78 is 13.4. The molecule has 2 aromatic rings. The lowest BCUT2D eigenvalue weighted by Gasteiger charge is -2.04. The van der Waals surface area contributed by atoms with Crippen LogP contribution in [0.2, 0.25) is 0 Å². The van der Waals surface area contributed by atoms with Crippen molar-refractivity contribution in [1.29, 1.82) is 0 Å². The highest BCUT2D eigenvalue weighted by Gasteiger charge is 2.05. The van der Waals surface area contributed by atoms with Gasteiger partial charge in [-0.2, -0.15) is 0 Å². The lowest BCUT2D eigenvalue weighted by atomic mass is 10.1. The summed E-state index contributed by atoms with van der Waals surface area (Å²) in [6, 6.07) is 7.95. The van der Waals surface area contributed by atoms with E-state index < -0.39 is 0 Å². The van der Waals surface area contributed by atoms with Crippen LogP contribution in [0.3, 0.4) is 0 Å². The van der Waals surface area contributed by atoms with Crippen LogP contribution in [0.25, 0.3) is 0 Å². The van der Waals surface area contributed by atoms with E-state index in [0.717, 1.165) is 5.69 Å². The van der Waals surface area contributed by atoms with Crippen LogP contribution in [0.4, 0.5) is 4.39 Å². The Balaban J connectivity index is 2.33. The van der Waals surface area contributed by atoms with E-state index in [4.69, 9.17) is 0 Å². The lowest BCUT2D eigenvalue weighted by molar-refractivity contribution is 0.611. The number of H-pyrrole nitrogens is 1. The molecule has 1 heterocycles. The van der Waals surface area contributed by atoms with Gasteiger partial charge in [-0.05, 0) is 18.1 Å². The molecule has 0 bridgehead atoms. The fourth-order valence-corrected chi connectivity index (χ4v) is 1.65. The highest BCUT2D eigenvalue weighted by Crippen LogP contribution is 2.09. The number of hydrogen-bond acceptors (Lipinski definition) is 2. The van der Waals surface area contributed by atoms with Crippen molar-refractivity contribution in [2.75, 3.05) is 0 Å². The minimum absolute atomic E-state index is 0.191. The van der Waals surface area contributed by atoms with E-state index in [9.17, 15) is 9.18 Å². The van der Waals surface area contributed by atoms with Crippen molar-refractivity contribution in [2.45, 2.75) is 19.8 Å². The predicted molar refractivity (Wildman–Crippen MR) is 63.4 cm³/mol. The molecule has 1 aromatic heterocycles. The van der Waals surface area contributed by atoms with Crippen LogP contribution < -0.4 is 5.56 Å². The Morgan fingerprint density at radius 3 is 2.82 bits per heavy atom. The first kappa shape index (κ1) is 11.5. The monoisotopic (exact) mass is 232 g/mol. The Morgan fingerprint density at radius 2 is 2.12 bits per heavy atom. The van der Waals surface area contributed by atoms with Crippen LogP contribution in [0.5, 0.6) is 0 Å². The van der Waals surface area contributed by atoms with Crippen molar-refractivity contribution in [3.8, 4) is 0 Å². The number of benzene rings is 1. The maximum absolute atomic E-state index is 13.4. The minimum atomic E-state index is -0.281. The molecule has 3 nitrogen and oxygen atoms in total. The Hall–Kier alpha value is -1.97. The number of aromatic amines is 1. The maximum atomic E-state index is 13.4. The van der Waals surface area contributed by atoms with Gasteiger partial charge in [-0.25, -0.2) is 9.37 Å². The summed E-state index contributed by atoms with van der Waals surface area (Å²) in [6.07, 6.45) is 0.990. The lowest BCUT2D eigenvalue weighted by Crippen LogP contribution is -2.13. The molecule has 0 aliphatic rings. The Bertz CT molecular complexity index is 578. The summed E-state index contributed by atoms with van der Waals surface area (Å²) in [5.41, 5.74) is 1.06. The summed E-state index contributed by atoms with van der Waals surface area (Å²) in [5, 5.41) is 0. The summed E-state index contributed by atoms with van der Waals surface area (Å²) in [5.74, 6) is 0.219. The van der Waals surface area contributed by atoms with E-state index in [1.165, 1.54) is 12.1 Å². The Kier molecular flexibility index (Phi) is 3.32. The molecule has 0 saturated heterocycles. The summed E-state index contributed by atoms with van der Waals surface area (Å²) in [7, 11) is 0. The van der Waals surface area contributed by atoms with Crippen LogP contribution >= 0.6 is 0 Å². The molecule has 0 radical (unpaired) electrons. The SMILES string of the molecule is CCc1cc(=O)[nH]c(Cc2ccccc2F)n1. The number of nitrogens with zero attached hydrogens (tertiary/aromatic N) is 1. The quantitative estimate of drug-likeness (QED) is 0.880. The van der Waals surface area contributed by atoms with Crippen LogP contribution in [-0.4, -0.2) is 9.97 Å². The fraction of sp³-hybridized carbons (Fsp3) is 0.231. The summed E-state index contributed by atoms with van der Waals surface area (Å²) >= 11 is 0. The van der Waals surface area contributed by atoms with Crippen molar-refractivity contribution >= 4 is 0 Å². The molecular formula is C13H13FN2O. The van der Waals surface area contributed by atoms with Gasteiger partial charge in [0.2, 0.25) is 0 Å². The maximum Gasteiger partial charge on any atom is 0.251 e. The Labute approximate surface area is 98.3 Å². The van der Waals surface area contributed by atoms with E-state index in [1.54, 1.807) is 18.2 Å². The third-order valence-electron chi connectivity index (χ3n) is 2.52. The second kappa shape index (κ2) is 4.91. The van der Waals surface area contributed by atoms with Gasteiger partial charge >= 0.3 is 0 Å². The third kappa shape index (κ3) is 2.78. The van der Waals surface area contributed by atoms with Gasteiger partial charge in [-0.1, -0.05) is 25.1 Å². The minimum Gasteiger partial charge on any atom is -0.310 e. The first-order valence-electron chi connectivity index (χ1n) is 5.51. The smallest absolute Gasteiger partial charge is 0.251 e. The molecule has 0 fully saturated rings. The van der Waals surface area contributed by atoms with E-state index in [0.29, 0.717) is 24.2 Å². The van der Waals surface area contributed by atoms with Gasteiger partial charge in [-0.15, -0.1) is 0 Å². The first-order chi connectivity index (χ1) is 8.19. The molecule has 1 aromatic carbocycles. The number of hydrogen-bond donors (Lipinski definition) is 1. The average molecular weight is 232 g/mol. The molecule has 0 spiro atoms. The molecule has 0 saturated carbocycles. The molecule has 2 rings (SSSR count). The van der Waals surface area contributed by atoms with Gasteiger partial charge in [0.15, 0.2) is 0 Å². The molecule has 17 heavy (non-hydrogen) atoms. The molecule has 88 valence electrons. The zero-order valence-electron chi connectivity index (χ0n) is 9.53. The van der Waals surface area contributed by atoms with Gasteiger partial charge in [0.25, 0.3) is 5.56 Å². The van der Waals surface area contributed by atoms with Crippen LogP contribution in [0.1, 0.15) is 24.0 Å². The second-order valence-corrected chi connectivity index (χ2v) is 3.81. The highest BCUT2D eigenvalue weighted by molar-refractivity contribution is 5.21. The van der Waals surface area contributed by atoms with Gasteiger partial charge in [0, 0.05) is 18.2 Å². The average Bonchev–Trinajstić information content (AvgIpc) is 2.31. The molecule has 0 atom stereocenters. The van der Waals surface area contributed by atoms with E-state index in [1.807, 2.05) is 6.92 Å². The number of aryl methyl sites for hydroxylation is 1. The van der Waals surface area contributed by atoms with Crippen molar-refractivity contribution < 1.29 is 4.39 Å². The molecular weight excluding hydrogens is 219 g/mol. The summed E-state index contributed by atoms with van der Waals surface area (Å²) in [6.45, 7) is 1.93.